The first kappa shape index (κ1) is 15.5. The predicted molar refractivity (Wildman–Crippen MR) is 74.0 cm³/mol. The summed E-state index contributed by atoms with van der Waals surface area (Å²) in [5, 5.41) is 11.9. The number of hydrogen-bond acceptors (Lipinski definition) is 4. The van der Waals surface area contributed by atoms with Crippen LogP contribution < -0.4 is 5.32 Å². The summed E-state index contributed by atoms with van der Waals surface area (Å²) in [7, 11) is 0. The van der Waals surface area contributed by atoms with Crippen LogP contribution in [0.3, 0.4) is 0 Å². The summed E-state index contributed by atoms with van der Waals surface area (Å²) in [5.74, 6) is -1.47. The molecule has 0 spiro atoms. The zero-order chi connectivity index (χ0) is 14.4. The van der Waals surface area contributed by atoms with E-state index in [0.717, 1.165) is 5.03 Å². The normalized spacial score (nSPS) is 13.9. The number of pyridine rings is 1. The van der Waals surface area contributed by atoms with Crippen LogP contribution in [0.25, 0.3) is 0 Å². The molecule has 0 radical (unpaired) electrons. The van der Waals surface area contributed by atoms with Crippen molar-refractivity contribution in [3.05, 3.63) is 24.4 Å². The summed E-state index contributed by atoms with van der Waals surface area (Å²) in [4.78, 5) is 27.1. The molecule has 0 aliphatic rings. The highest BCUT2D eigenvalue weighted by molar-refractivity contribution is 8.00. The Bertz CT molecular complexity index is 437. The Labute approximate surface area is 116 Å². The molecule has 0 bridgehead atoms. The Kier molecular flexibility index (Phi) is 5.82. The molecule has 0 aromatic carbocycles. The molecule has 1 rings (SSSR count). The SMILES string of the molecule is CC(Sc1ccccn1)C(=O)NC(C(=O)O)C(C)C. The molecule has 2 unspecified atom stereocenters. The van der Waals surface area contributed by atoms with Crippen LogP contribution in [0.1, 0.15) is 20.8 Å². The zero-order valence-corrected chi connectivity index (χ0v) is 12.0. The van der Waals surface area contributed by atoms with Gasteiger partial charge in [0, 0.05) is 6.20 Å². The van der Waals surface area contributed by atoms with Gasteiger partial charge in [0.2, 0.25) is 5.91 Å². The van der Waals surface area contributed by atoms with Crippen LogP contribution in [0.5, 0.6) is 0 Å². The highest BCUT2D eigenvalue weighted by atomic mass is 32.2. The van der Waals surface area contributed by atoms with E-state index in [-0.39, 0.29) is 11.8 Å². The summed E-state index contributed by atoms with van der Waals surface area (Å²) in [6.07, 6.45) is 1.65. The second-order valence-electron chi connectivity index (χ2n) is 4.50. The number of nitrogens with zero attached hydrogens (tertiary/aromatic N) is 1. The van der Waals surface area contributed by atoms with Gasteiger partial charge in [-0.05, 0) is 25.0 Å². The van der Waals surface area contributed by atoms with Crippen LogP contribution in [0.2, 0.25) is 0 Å². The van der Waals surface area contributed by atoms with Gasteiger partial charge >= 0.3 is 5.97 Å². The van der Waals surface area contributed by atoms with Crippen LogP contribution in [-0.2, 0) is 9.59 Å². The number of amides is 1. The molecule has 0 aliphatic carbocycles. The number of rotatable bonds is 6. The summed E-state index contributed by atoms with van der Waals surface area (Å²) in [6.45, 7) is 5.25. The summed E-state index contributed by atoms with van der Waals surface area (Å²) < 4.78 is 0. The molecule has 0 saturated heterocycles. The van der Waals surface area contributed by atoms with E-state index in [9.17, 15) is 9.59 Å². The minimum Gasteiger partial charge on any atom is -0.480 e. The van der Waals surface area contributed by atoms with Gasteiger partial charge in [0.05, 0.1) is 10.3 Å². The number of carboxylic acids is 1. The second kappa shape index (κ2) is 7.13. The number of hydrogen-bond donors (Lipinski definition) is 2. The van der Waals surface area contributed by atoms with Crippen molar-refractivity contribution >= 4 is 23.6 Å². The molecule has 1 aromatic heterocycles. The fourth-order valence-electron chi connectivity index (χ4n) is 1.44. The van der Waals surface area contributed by atoms with Crippen molar-refractivity contribution in [2.24, 2.45) is 5.92 Å². The van der Waals surface area contributed by atoms with Crippen LogP contribution in [0, 0.1) is 5.92 Å². The molecule has 5 nitrogen and oxygen atoms in total. The lowest BCUT2D eigenvalue weighted by Crippen LogP contribution is -2.46. The zero-order valence-electron chi connectivity index (χ0n) is 11.2. The minimum atomic E-state index is -1.02. The molecule has 2 atom stereocenters. The van der Waals surface area contributed by atoms with Crippen molar-refractivity contribution in [1.82, 2.24) is 10.3 Å². The maximum absolute atomic E-state index is 11.9. The van der Waals surface area contributed by atoms with Crippen LogP contribution in [-0.4, -0.2) is 33.3 Å². The van der Waals surface area contributed by atoms with Crippen LogP contribution in [0.4, 0.5) is 0 Å². The van der Waals surface area contributed by atoms with E-state index in [1.165, 1.54) is 11.8 Å². The average molecular weight is 282 g/mol. The number of carbonyl (C=O) groups is 2. The first-order valence-corrected chi connectivity index (χ1v) is 6.90. The maximum atomic E-state index is 11.9. The third kappa shape index (κ3) is 4.90. The lowest BCUT2D eigenvalue weighted by atomic mass is 10.0. The predicted octanol–water partition coefficient (Wildman–Crippen LogP) is 1.79. The Morgan fingerprint density at radius 1 is 1.32 bits per heavy atom. The van der Waals surface area contributed by atoms with E-state index < -0.39 is 17.3 Å². The fraction of sp³-hybridized carbons (Fsp3) is 0.462. The Balaban J connectivity index is 2.60. The third-order valence-corrected chi connectivity index (χ3v) is 3.59. The van der Waals surface area contributed by atoms with Gasteiger partial charge in [-0.15, -0.1) is 0 Å². The van der Waals surface area contributed by atoms with E-state index in [4.69, 9.17) is 5.11 Å². The van der Waals surface area contributed by atoms with Gasteiger partial charge in [-0.25, -0.2) is 9.78 Å². The van der Waals surface area contributed by atoms with Crippen LogP contribution in [0.15, 0.2) is 29.4 Å². The molecule has 1 heterocycles. The number of thioether (sulfide) groups is 1. The quantitative estimate of drug-likeness (QED) is 0.778. The summed E-state index contributed by atoms with van der Waals surface area (Å²) in [5.41, 5.74) is 0. The molecular weight excluding hydrogens is 264 g/mol. The van der Waals surface area contributed by atoms with E-state index in [1.807, 2.05) is 12.1 Å². The molecular formula is C13H18N2O3S. The monoisotopic (exact) mass is 282 g/mol. The smallest absolute Gasteiger partial charge is 0.326 e. The van der Waals surface area contributed by atoms with Gasteiger partial charge in [0.15, 0.2) is 0 Å². The van der Waals surface area contributed by atoms with Crippen molar-refractivity contribution in [3.8, 4) is 0 Å². The highest BCUT2D eigenvalue weighted by Crippen LogP contribution is 2.20. The molecule has 104 valence electrons. The van der Waals surface area contributed by atoms with Crippen LogP contribution >= 0.6 is 11.8 Å². The summed E-state index contributed by atoms with van der Waals surface area (Å²) >= 11 is 1.30. The molecule has 6 heteroatoms. The van der Waals surface area contributed by atoms with E-state index in [0.29, 0.717) is 0 Å². The number of carbonyl (C=O) groups excluding carboxylic acids is 1. The maximum Gasteiger partial charge on any atom is 0.326 e. The van der Waals surface area contributed by atoms with Gasteiger partial charge in [-0.2, -0.15) is 0 Å². The van der Waals surface area contributed by atoms with Gasteiger partial charge in [0.25, 0.3) is 0 Å². The number of aromatic nitrogens is 1. The van der Waals surface area contributed by atoms with Crippen molar-refractivity contribution in [1.29, 1.82) is 0 Å². The minimum absolute atomic E-state index is 0.159. The van der Waals surface area contributed by atoms with Crippen molar-refractivity contribution < 1.29 is 14.7 Å². The van der Waals surface area contributed by atoms with Crippen molar-refractivity contribution in [2.45, 2.75) is 37.1 Å². The van der Waals surface area contributed by atoms with Gasteiger partial charge in [-0.3, -0.25) is 4.79 Å². The first-order valence-electron chi connectivity index (χ1n) is 6.02. The van der Waals surface area contributed by atoms with E-state index in [2.05, 4.69) is 10.3 Å². The third-order valence-electron chi connectivity index (χ3n) is 2.53. The molecule has 0 fully saturated rings. The number of aliphatic carboxylic acids is 1. The molecule has 1 amide bonds. The lowest BCUT2D eigenvalue weighted by molar-refractivity contribution is -0.143. The second-order valence-corrected chi connectivity index (χ2v) is 5.86. The Morgan fingerprint density at radius 2 is 2.00 bits per heavy atom. The topological polar surface area (TPSA) is 79.3 Å². The standard InChI is InChI=1S/C13H18N2O3S/c1-8(2)11(13(17)18)15-12(16)9(3)19-10-6-4-5-7-14-10/h4-9,11H,1-3H3,(H,15,16)(H,17,18). The number of carboxylic acid groups (broad SMARTS) is 1. The molecule has 2 N–H and O–H groups in total. The average Bonchev–Trinajstić information content (AvgIpc) is 2.35. The largest absolute Gasteiger partial charge is 0.480 e. The van der Waals surface area contributed by atoms with Crippen molar-refractivity contribution in [2.75, 3.05) is 0 Å². The highest BCUT2D eigenvalue weighted by Gasteiger charge is 2.26. The number of nitrogens with one attached hydrogen (secondary N) is 1. The van der Waals surface area contributed by atoms with E-state index in [1.54, 1.807) is 33.0 Å². The Hall–Kier alpha value is -1.56. The lowest BCUT2D eigenvalue weighted by Gasteiger charge is -2.20. The molecule has 0 aliphatic heterocycles. The first-order chi connectivity index (χ1) is 8.91. The Morgan fingerprint density at radius 3 is 2.47 bits per heavy atom. The van der Waals surface area contributed by atoms with Gasteiger partial charge < -0.3 is 10.4 Å². The van der Waals surface area contributed by atoms with E-state index >= 15 is 0 Å². The molecule has 1 aromatic rings. The summed E-state index contributed by atoms with van der Waals surface area (Å²) in [6, 6.07) is 4.59. The van der Waals surface area contributed by atoms with Gasteiger partial charge in [0.1, 0.15) is 6.04 Å². The fourth-order valence-corrected chi connectivity index (χ4v) is 2.25. The van der Waals surface area contributed by atoms with Crippen molar-refractivity contribution in [3.63, 3.8) is 0 Å². The molecule has 19 heavy (non-hydrogen) atoms. The van der Waals surface area contributed by atoms with Gasteiger partial charge in [-0.1, -0.05) is 31.7 Å². The molecule has 0 saturated carbocycles.